The number of fused-ring (bicyclic) bond motifs is 1. The van der Waals surface area contributed by atoms with Crippen molar-refractivity contribution in [2.45, 2.75) is 18.9 Å². The summed E-state index contributed by atoms with van der Waals surface area (Å²) in [5, 5.41) is 13.6. The standard InChI is InChI=1S/C28H25N3O3/c32-28(33)31-17-15-24-25(12-7-13-26(24)31)27-30-22(19-34-27)18-29-16-14-23(20-8-3-1-4-9-20)21-10-5-2-6-11-21/h1-13,15,17,19,23,29H,14,16,18H2,(H,32,33). The van der Waals surface area contributed by atoms with Crippen LogP contribution in [0, 0.1) is 0 Å². The third-order valence-electron chi connectivity index (χ3n) is 6.04. The summed E-state index contributed by atoms with van der Waals surface area (Å²) in [6.45, 7) is 1.42. The van der Waals surface area contributed by atoms with Crippen molar-refractivity contribution in [2.75, 3.05) is 6.54 Å². The molecule has 0 aliphatic heterocycles. The fraction of sp³-hybridized carbons (Fsp3) is 0.143. The van der Waals surface area contributed by atoms with Gasteiger partial charge in [0.2, 0.25) is 5.89 Å². The first-order valence-corrected chi connectivity index (χ1v) is 11.3. The second kappa shape index (κ2) is 9.77. The van der Waals surface area contributed by atoms with Crippen LogP contribution in [0.25, 0.3) is 22.4 Å². The molecule has 0 spiro atoms. The number of oxazole rings is 1. The average Bonchev–Trinajstić information content (AvgIpc) is 3.52. The van der Waals surface area contributed by atoms with Gasteiger partial charge in [0.05, 0.1) is 11.2 Å². The molecule has 6 nitrogen and oxygen atoms in total. The molecule has 0 saturated carbocycles. The van der Waals surface area contributed by atoms with Gasteiger partial charge in [-0.15, -0.1) is 0 Å². The molecule has 3 aromatic carbocycles. The maximum absolute atomic E-state index is 11.4. The number of nitrogens with zero attached hydrogens (tertiary/aromatic N) is 2. The van der Waals surface area contributed by atoms with Gasteiger partial charge >= 0.3 is 6.09 Å². The Morgan fingerprint density at radius 3 is 2.32 bits per heavy atom. The second-order valence-electron chi connectivity index (χ2n) is 8.19. The van der Waals surface area contributed by atoms with Gasteiger partial charge in [0.1, 0.15) is 6.26 Å². The van der Waals surface area contributed by atoms with E-state index in [0.29, 0.717) is 23.9 Å². The molecule has 0 aliphatic rings. The zero-order valence-electron chi connectivity index (χ0n) is 18.6. The van der Waals surface area contributed by atoms with Crippen LogP contribution in [0.4, 0.5) is 4.79 Å². The van der Waals surface area contributed by atoms with Crippen LogP contribution in [-0.2, 0) is 6.54 Å². The molecule has 0 amide bonds. The van der Waals surface area contributed by atoms with E-state index in [0.717, 1.165) is 29.6 Å². The highest BCUT2D eigenvalue weighted by Gasteiger charge is 2.16. The van der Waals surface area contributed by atoms with E-state index in [2.05, 4.69) is 58.8 Å². The summed E-state index contributed by atoms with van der Waals surface area (Å²) >= 11 is 0. The Balaban J connectivity index is 1.25. The Morgan fingerprint density at radius 2 is 1.65 bits per heavy atom. The predicted molar refractivity (Wildman–Crippen MR) is 132 cm³/mol. The van der Waals surface area contributed by atoms with Gasteiger partial charge in [-0.25, -0.2) is 9.78 Å². The van der Waals surface area contributed by atoms with Crippen molar-refractivity contribution in [2.24, 2.45) is 0 Å². The molecule has 0 radical (unpaired) electrons. The lowest BCUT2D eigenvalue weighted by Gasteiger charge is -2.18. The van der Waals surface area contributed by atoms with E-state index in [1.807, 2.05) is 24.3 Å². The number of carbonyl (C=O) groups is 1. The average molecular weight is 452 g/mol. The third kappa shape index (κ3) is 4.49. The predicted octanol–water partition coefficient (Wildman–Crippen LogP) is 6.13. The van der Waals surface area contributed by atoms with Crippen LogP contribution in [0.5, 0.6) is 0 Å². The number of rotatable bonds is 8. The van der Waals surface area contributed by atoms with Crippen LogP contribution < -0.4 is 5.32 Å². The monoisotopic (exact) mass is 451 g/mol. The third-order valence-corrected chi connectivity index (χ3v) is 6.04. The van der Waals surface area contributed by atoms with E-state index in [9.17, 15) is 9.90 Å². The van der Waals surface area contributed by atoms with E-state index < -0.39 is 6.09 Å². The number of nitrogens with one attached hydrogen (secondary N) is 1. The van der Waals surface area contributed by atoms with Gasteiger partial charge in [-0.05, 0) is 42.3 Å². The summed E-state index contributed by atoms with van der Waals surface area (Å²) in [4.78, 5) is 16.1. The lowest BCUT2D eigenvalue weighted by Crippen LogP contribution is -2.18. The molecule has 0 bridgehead atoms. The van der Waals surface area contributed by atoms with Gasteiger partial charge in [0.25, 0.3) is 0 Å². The summed E-state index contributed by atoms with van der Waals surface area (Å²) in [5.74, 6) is 0.802. The SMILES string of the molecule is O=C(O)n1ccc2c(-c3nc(CNCCC(c4ccccc4)c4ccccc4)co3)cccc21. The quantitative estimate of drug-likeness (QED) is 0.277. The van der Waals surface area contributed by atoms with Crippen LogP contribution in [0.3, 0.4) is 0 Å². The molecule has 0 aliphatic carbocycles. The highest BCUT2D eigenvalue weighted by Crippen LogP contribution is 2.29. The zero-order chi connectivity index (χ0) is 23.3. The van der Waals surface area contributed by atoms with Gasteiger partial charge in [0, 0.05) is 29.6 Å². The molecule has 5 aromatic rings. The smallest absolute Gasteiger partial charge is 0.415 e. The van der Waals surface area contributed by atoms with Gasteiger partial charge in [-0.2, -0.15) is 0 Å². The summed E-state index contributed by atoms with van der Waals surface area (Å²) in [7, 11) is 0. The molecule has 0 fully saturated rings. The molecule has 0 unspecified atom stereocenters. The van der Waals surface area contributed by atoms with E-state index in [1.165, 1.54) is 21.9 Å². The molecule has 2 N–H and O–H groups in total. The lowest BCUT2D eigenvalue weighted by molar-refractivity contribution is 0.197. The molecule has 2 aromatic heterocycles. The topological polar surface area (TPSA) is 80.3 Å². The van der Waals surface area contributed by atoms with Crippen LogP contribution in [0.15, 0.2) is 102 Å². The van der Waals surface area contributed by atoms with Crippen molar-refractivity contribution >= 4 is 17.0 Å². The Bertz CT molecular complexity index is 1350. The van der Waals surface area contributed by atoms with Crippen molar-refractivity contribution in [1.82, 2.24) is 14.9 Å². The summed E-state index contributed by atoms with van der Waals surface area (Å²) in [6, 6.07) is 28.4. The molecular weight excluding hydrogens is 426 g/mol. The maximum Gasteiger partial charge on any atom is 0.415 e. The van der Waals surface area contributed by atoms with Gasteiger partial charge < -0.3 is 14.8 Å². The van der Waals surface area contributed by atoms with Gasteiger partial charge in [-0.3, -0.25) is 4.57 Å². The van der Waals surface area contributed by atoms with Crippen molar-refractivity contribution in [3.63, 3.8) is 0 Å². The number of carboxylic acid groups (broad SMARTS) is 1. The van der Waals surface area contributed by atoms with Crippen molar-refractivity contribution in [1.29, 1.82) is 0 Å². The first kappa shape index (κ1) is 21.7. The Labute approximate surface area is 197 Å². The van der Waals surface area contributed by atoms with Crippen LogP contribution >= 0.6 is 0 Å². The Morgan fingerprint density at radius 1 is 0.941 bits per heavy atom. The molecule has 6 heteroatoms. The lowest BCUT2D eigenvalue weighted by atomic mass is 9.88. The zero-order valence-corrected chi connectivity index (χ0v) is 18.6. The number of hydrogen-bond donors (Lipinski definition) is 2. The molecule has 2 heterocycles. The maximum atomic E-state index is 11.4. The van der Waals surface area contributed by atoms with Crippen molar-refractivity contribution < 1.29 is 14.3 Å². The highest BCUT2D eigenvalue weighted by molar-refractivity contribution is 5.97. The molecule has 0 saturated heterocycles. The number of benzene rings is 3. The molecule has 34 heavy (non-hydrogen) atoms. The highest BCUT2D eigenvalue weighted by atomic mass is 16.4. The molecule has 5 rings (SSSR count). The fourth-order valence-corrected chi connectivity index (χ4v) is 4.39. The largest absolute Gasteiger partial charge is 0.464 e. The number of aromatic nitrogens is 2. The van der Waals surface area contributed by atoms with Crippen LogP contribution in [-0.4, -0.2) is 27.3 Å². The minimum absolute atomic E-state index is 0.318. The van der Waals surface area contributed by atoms with Gasteiger partial charge in [0.15, 0.2) is 0 Å². The first-order chi connectivity index (χ1) is 16.7. The Kier molecular flexibility index (Phi) is 6.23. The van der Waals surface area contributed by atoms with Crippen LogP contribution in [0.2, 0.25) is 0 Å². The van der Waals surface area contributed by atoms with Crippen molar-refractivity contribution in [3.05, 3.63) is 114 Å². The fourth-order valence-electron chi connectivity index (χ4n) is 4.39. The molecular formula is C28H25N3O3. The minimum Gasteiger partial charge on any atom is -0.464 e. The van der Waals surface area contributed by atoms with E-state index in [-0.39, 0.29) is 0 Å². The second-order valence-corrected chi connectivity index (χ2v) is 8.19. The summed E-state index contributed by atoms with van der Waals surface area (Å²) in [5.41, 5.74) is 4.80. The minimum atomic E-state index is -1.02. The molecule has 170 valence electrons. The van der Waals surface area contributed by atoms with E-state index in [4.69, 9.17) is 4.42 Å². The van der Waals surface area contributed by atoms with Gasteiger partial charge in [-0.1, -0.05) is 66.7 Å². The van der Waals surface area contributed by atoms with E-state index >= 15 is 0 Å². The molecule has 0 atom stereocenters. The summed E-state index contributed by atoms with van der Waals surface area (Å²) in [6.07, 6.45) is 3.13. The summed E-state index contributed by atoms with van der Waals surface area (Å²) < 4.78 is 6.93. The first-order valence-electron chi connectivity index (χ1n) is 11.3. The van der Waals surface area contributed by atoms with E-state index in [1.54, 1.807) is 18.4 Å². The Hall–Kier alpha value is -4.16. The normalized spacial score (nSPS) is 11.3. The van der Waals surface area contributed by atoms with Crippen LogP contribution in [0.1, 0.15) is 29.2 Å². The number of hydrogen-bond acceptors (Lipinski definition) is 4. The van der Waals surface area contributed by atoms with Crippen molar-refractivity contribution in [3.8, 4) is 11.5 Å².